The summed E-state index contributed by atoms with van der Waals surface area (Å²) in [6.07, 6.45) is -0.500. The summed E-state index contributed by atoms with van der Waals surface area (Å²) in [4.78, 5) is 22.6. The Balaban J connectivity index is 2.22. The van der Waals surface area contributed by atoms with Gasteiger partial charge in [0, 0.05) is 5.69 Å². The summed E-state index contributed by atoms with van der Waals surface area (Å²) in [5.74, 6) is 0.303. The van der Waals surface area contributed by atoms with Crippen LogP contribution in [-0.4, -0.2) is 23.7 Å². The normalized spacial score (nSPS) is 17.8. The Kier molecular flexibility index (Phi) is 3.23. The highest BCUT2D eigenvalue weighted by molar-refractivity contribution is 7.81. The van der Waals surface area contributed by atoms with E-state index in [1.165, 1.54) is 0 Å². The highest BCUT2D eigenvalue weighted by atomic mass is 32.1. The smallest absolute Gasteiger partial charge is 0.265 e. The zero-order chi connectivity index (χ0) is 12.4. The molecule has 1 heterocycles. The summed E-state index contributed by atoms with van der Waals surface area (Å²) < 4.78 is 5.39. The van der Waals surface area contributed by atoms with E-state index in [4.69, 9.17) is 4.74 Å². The van der Waals surface area contributed by atoms with Gasteiger partial charge in [0.05, 0.1) is 11.4 Å². The zero-order valence-corrected chi connectivity index (χ0v) is 10.1. The Labute approximate surface area is 104 Å². The van der Waals surface area contributed by atoms with Crippen molar-refractivity contribution in [3.05, 3.63) is 18.2 Å². The molecule has 17 heavy (non-hydrogen) atoms. The van der Waals surface area contributed by atoms with Gasteiger partial charge in [0.25, 0.3) is 5.91 Å². The van der Waals surface area contributed by atoms with Crippen LogP contribution in [0.1, 0.15) is 6.92 Å². The van der Waals surface area contributed by atoms with Crippen molar-refractivity contribution in [2.45, 2.75) is 13.0 Å². The van der Waals surface area contributed by atoms with Crippen molar-refractivity contribution >= 4 is 35.8 Å². The standard InChI is InChI=1S/C11H12N2O3S/c1-6-11(15)13-8-4-7(12-10(14)5-17)2-3-9(8)16-6/h2-4,6,17H,5H2,1H3,(H,12,14)(H,13,15). The zero-order valence-electron chi connectivity index (χ0n) is 9.19. The predicted molar refractivity (Wildman–Crippen MR) is 67.6 cm³/mol. The maximum Gasteiger partial charge on any atom is 0.265 e. The van der Waals surface area contributed by atoms with E-state index in [9.17, 15) is 9.59 Å². The van der Waals surface area contributed by atoms with Gasteiger partial charge in [0.15, 0.2) is 6.10 Å². The number of hydrogen-bond donors (Lipinski definition) is 3. The van der Waals surface area contributed by atoms with Gasteiger partial charge in [-0.1, -0.05) is 0 Å². The Hall–Kier alpha value is -1.69. The lowest BCUT2D eigenvalue weighted by Gasteiger charge is -2.23. The Morgan fingerprint density at radius 3 is 3.06 bits per heavy atom. The van der Waals surface area contributed by atoms with E-state index in [0.717, 1.165) is 0 Å². The molecule has 1 aliphatic heterocycles. The molecule has 1 unspecified atom stereocenters. The van der Waals surface area contributed by atoms with Crippen LogP contribution in [0.3, 0.4) is 0 Å². The molecule has 6 heteroatoms. The number of ether oxygens (including phenoxy) is 1. The van der Waals surface area contributed by atoms with Gasteiger partial charge in [-0.15, -0.1) is 0 Å². The molecule has 1 aromatic carbocycles. The van der Waals surface area contributed by atoms with E-state index >= 15 is 0 Å². The van der Waals surface area contributed by atoms with Crippen molar-refractivity contribution in [3.63, 3.8) is 0 Å². The minimum Gasteiger partial charge on any atom is -0.479 e. The Bertz CT molecular complexity index is 476. The molecule has 90 valence electrons. The van der Waals surface area contributed by atoms with E-state index in [-0.39, 0.29) is 17.6 Å². The van der Waals surface area contributed by atoms with Gasteiger partial charge >= 0.3 is 0 Å². The second kappa shape index (κ2) is 4.67. The maximum atomic E-state index is 11.4. The third kappa shape index (κ3) is 2.52. The first kappa shape index (κ1) is 11.8. The first-order valence-electron chi connectivity index (χ1n) is 5.12. The minimum absolute atomic E-state index is 0.108. The molecule has 2 rings (SSSR count). The number of rotatable bonds is 2. The van der Waals surface area contributed by atoms with Crippen molar-refractivity contribution in [1.29, 1.82) is 0 Å². The largest absolute Gasteiger partial charge is 0.479 e. The fourth-order valence-electron chi connectivity index (χ4n) is 1.49. The molecule has 5 nitrogen and oxygen atoms in total. The fraction of sp³-hybridized carbons (Fsp3) is 0.273. The predicted octanol–water partition coefficient (Wildman–Crippen LogP) is 1.27. The van der Waals surface area contributed by atoms with Gasteiger partial charge in [-0.3, -0.25) is 9.59 Å². The summed E-state index contributed by atoms with van der Waals surface area (Å²) in [6.45, 7) is 1.68. The monoisotopic (exact) mass is 252 g/mol. The summed E-state index contributed by atoms with van der Waals surface area (Å²) in [6, 6.07) is 5.07. The molecule has 2 N–H and O–H groups in total. The topological polar surface area (TPSA) is 67.4 Å². The number of anilines is 2. The molecule has 1 aliphatic rings. The quantitative estimate of drug-likeness (QED) is 0.694. The number of hydrogen-bond acceptors (Lipinski definition) is 4. The summed E-state index contributed by atoms with van der Waals surface area (Å²) in [5, 5.41) is 5.35. The molecule has 0 aromatic heterocycles. The van der Waals surface area contributed by atoms with Crippen molar-refractivity contribution < 1.29 is 14.3 Å². The SMILES string of the molecule is CC1Oc2ccc(NC(=O)CS)cc2NC1=O. The Morgan fingerprint density at radius 1 is 1.59 bits per heavy atom. The van der Waals surface area contributed by atoms with Gasteiger partial charge < -0.3 is 15.4 Å². The fourth-order valence-corrected chi connectivity index (χ4v) is 1.57. The summed E-state index contributed by atoms with van der Waals surface area (Å²) in [7, 11) is 0. The summed E-state index contributed by atoms with van der Waals surface area (Å²) >= 11 is 3.86. The van der Waals surface area contributed by atoms with Crippen LogP contribution in [0.2, 0.25) is 0 Å². The van der Waals surface area contributed by atoms with Crippen LogP contribution in [0.5, 0.6) is 5.75 Å². The van der Waals surface area contributed by atoms with Gasteiger partial charge in [-0.2, -0.15) is 12.6 Å². The van der Waals surface area contributed by atoms with Crippen LogP contribution in [-0.2, 0) is 9.59 Å². The molecule has 1 atom stereocenters. The molecule has 0 saturated heterocycles. The molecular weight excluding hydrogens is 240 g/mol. The number of thiol groups is 1. The summed E-state index contributed by atoms with van der Waals surface area (Å²) in [5.41, 5.74) is 1.16. The van der Waals surface area contributed by atoms with E-state index in [1.54, 1.807) is 25.1 Å². The third-order valence-corrected chi connectivity index (χ3v) is 2.62. The van der Waals surface area contributed by atoms with E-state index in [0.29, 0.717) is 17.1 Å². The average molecular weight is 252 g/mol. The molecule has 2 amide bonds. The highest BCUT2D eigenvalue weighted by Gasteiger charge is 2.23. The van der Waals surface area contributed by atoms with Gasteiger partial charge in [-0.05, 0) is 25.1 Å². The van der Waals surface area contributed by atoms with Gasteiger partial charge in [0.1, 0.15) is 5.75 Å². The first-order valence-corrected chi connectivity index (χ1v) is 5.75. The number of nitrogens with one attached hydrogen (secondary N) is 2. The molecular formula is C11H12N2O3S. The van der Waals surface area contributed by atoms with Crippen LogP contribution in [0.4, 0.5) is 11.4 Å². The van der Waals surface area contributed by atoms with E-state index in [1.807, 2.05) is 0 Å². The van der Waals surface area contributed by atoms with Crippen molar-refractivity contribution in [1.82, 2.24) is 0 Å². The van der Waals surface area contributed by atoms with Crippen LogP contribution in [0.25, 0.3) is 0 Å². The number of amides is 2. The second-order valence-corrected chi connectivity index (χ2v) is 3.98. The van der Waals surface area contributed by atoms with Gasteiger partial charge in [0.2, 0.25) is 5.91 Å². The van der Waals surface area contributed by atoms with Crippen LogP contribution in [0.15, 0.2) is 18.2 Å². The molecule has 0 spiro atoms. The number of benzene rings is 1. The van der Waals surface area contributed by atoms with E-state index in [2.05, 4.69) is 23.3 Å². The second-order valence-electron chi connectivity index (χ2n) is 3.67. The molecule has 0 aliphatic carbocycles. The number of fused-ring (bicyclic) bond motifs is 1. The first-order chi connectivity index (χ1) is 8.10. The molecule has 0 bridgehead atoms. The number of carbonyl (C=O) groups excluding carboxylic acids is 2. The Morgan fingerprint density at radius 2 is 2.35 bits per heavy atom. The van der Waals surface area contributed by atoms with Gasteiger partial charge in [-0.25, -0.2) is 0 Å². The van der Waals surface area contributed by atoms with Crippen molar-refractivity contribution in [2.75, 3.05) is 16.4 Å². The molecule has 0 fully saturated rings. The van der Waals surface area contributed by atoms with Crippen LogP contribution in [0, 0.1) is 0 Å². The van der Waals surface area contributed by atoms with E-state index < -0.39 is 6.10 Å². The highest BCUT2D eigenvalue weighted by Crippen LogP contribution is 2.32. The molecule has 0 radical (unpaired) electrons. The van der Waals surface area contributed by atoms with Crippen LogP contribution >= 0.6 is 12.6 Å². The minimum atomic E-state index is -0.500. The average Bonchev–Trinajstić information content (AvgIpc) is 2.31. The maximum absolute atomic E-state index is 11.4. The lowest BCUT2D eigenvalue weighted by Crippen LogP contribution is -2.34. The third-order valence-electron chi connectivity index (χ3n) is 2.34. The van der Waals surface area contributed by atoms with Crippen molar-refractivity contribution in [2.24, 2.45) is 0 Å². The number of carbonyl (C=O) groups is 2. The van der Waals surface area contributed by atoms with Crippen LogP contribution < -0.4 is 15.4 Å². The molecule has 1 aromatic rings. The lowest BCUT2D eigenvalue weighted by atomic mass is 10.2. The lowest BCUT2D eigenvalue weighted by molar-refractivity contribution is -0.122. The van der Waals surface area contributed by atoms with Crippen molar-refractivity contribution in [3.8, 4) is 5.75 Å². The molecule has 0 saturated carbocycles.